The maximum atomic E-state index is 16.7. The van der Waals surface area contributed by atoms with Gasteiger partial charge >= 0.3 is 0 Å². The molecule has 0 fully saturated rings. The first-order chi connectivity index (χ1) is 29.0. The number of para-hydroxylation sites is 2. The van der Waals surface area contributed by atoms with Crippen molar-refractivity contribution < 1.29 is 9.13 Å². The molecule has 9 aromatic carbocycles. The molecule has 0 saturated heterocycles. The zero-order chi connectivity index (χ0) is 39.8. The quantitative estimate of drug-likeness (QED) is 0.137. The van der Waals surface area contributed by atoms with Gasteiger partial charge in [-0.2, -0.15) is 0 Å². The molecular formula is C54H39NO2P2. The number of aromatic nitrogens is 1. The van der Waals surface area contributed by atoms with Crippen molar-refractivity contribution in [1.29, 1.82) is 0 Å². The Morgan fingerprint density at radius 1 is 0.271 bits per heavy atom. The fraction of sp³-hybridized carbons (Fsp3) is 0. The molecule has 59 heavy (non-hydrogen) atoms. The topological polar surface area (TPSA) is 39.1 Å². The summed E-state index contributed by atoms with van der Waals surface area (Å²) < 4.78 is 35.7. The van der Waals surface area contributed by atoms with Gasteiger partial charge in [-0.1, -0.05) is 194 Å². The van der Waals surface area contributed by atoms with Crippen LogP contribution in [-0.4, -0.2) is 4.57 Å². The van der Waals surface area contributed by atoms with Gasteiger partial charge in [-0.15, -0.1) is 0 Å². The molecule has 1 heterocycles. The van der Waals surface area contributed by atoms with Crippen LogP contribution in [0.1, 0.15) is 0 Å². The highest BCUT2D eigenvalue weighted by Gasteiger charge is 2.36. The molecule has 2 atom stereocenters. The predicted octanol–water partition coefficient (Wildman–Crippen LogP) is 11.4. The lowest BCUT2D eigenvalue weighted by atomic mass is 10.1. The summed E-state index contributed by atoms with van der Waals surface area (Å²) in [6.07, 6.45) is 0. The first-order valence-electron chi connectivity index (χ1n) is 19.8. The molecule has 0 saturated carbocycles. The molecule has 0 aliphatic heterocycles. The van der Waals surface area contributed by atoms with Crippen LogP contribution in [0.4, 0.5) is 0 Å². The molecule has 0 N–H and O–H groups in total. The van der Waals surface area contributed by atoms with Gasteiger partial charge in [-0.25, -0.2) is 0 Å². The molecule has 0 spiro atoms. The average molecular weight is 796 g/mol. The summed E-state index contributed by atoms with van der Waals surface area (Å²) in [4.78, 5) is 0. The van der Waals surface area contributed by atoms with E-state index < -0.39 is 14.3 Å². The normalized spacial score (nSPS) is 13.5. The third-order valence-electron chi connectivity index (χ3n) is 11.3. The van der Waals surface area contributed by atoms with Crippen LogP contribution in [0.2, 0.25) is 0 Å². The molecule has 0 radical (unpaired) electrons. The molecule has 0 aliphatic carbocycles. The number of benzene rings is 9. The van der Waals surface area contributed by atoms with Crippen LogP contribution in [0.25, 0.3) is 49.7 Å². The van der Waals surface area contributed by atoms with Gasteiger partial charge in [-0.3, -0.25) is 0 Å². The second-order valence-electron chi connectivity index (χ2n) is 14.8. The van der Waals surface area contributed by atoms with Gasteiger partial charge in [0.05, 0.1) is 11.0 Å². The van der Waals surface area contributed by atoms with Crippen LogP contribution in [0.3, 0.4) is 0 Å². The van der Waals surface area contributed by atoms with Crippen LogP contribution in [-0.2, 0) is 9.13 Å². The van der Waals surface area contributed by atoms with E-state index in [1.54, 1.807) is 0 Å². The van der Waals surface area contributed by atoms with Crippen molar-refractivity contribution in [1.82, 2.24) is 4.57 Å². The number of nitrogens with zero attached hydrogens (tertiary/aromatic N) is 1. The monoisotopic (exact) mass is 795 g/mol. The Morgan fingerprint density at radius 3 is 1.03 bits per heavy atom. The van der Waals surface area contributed by atoms with Crippen LogP contribution in [0.5, 0.6) is 0 Å². The molecule has 3 nitrogen and oxygen atoms in total. The molecule has 1 aromatic heterocycles. The maximum absolute atomic E-state index is 16.7. The van der Waals surface area contributed by atoms with Crippen molar-refractivity contribution in [2.75, 3.05) is 0 Å². The number of hydrogen-bond donors (Lipinski definition) is 0. The van der Waals surface area contributed by atoms with E-state index in [1.165, 1.54) is 0 Å². The summed E-state index contributed by atoms with van der Waals surface area (Å²) >= 11 is 0. The molecular weight excluding hydrogens is 757 g/mol. The van der Waals surface area contributed by atoms with Gasteiger partial charge in [0.15, 0.2) is 14.3 Å². The summed E-state index contributed by atoms with van der Waals surface area (Å²) in [7, 11) is -7.29. The van der Waals surface area contributed by atoms with E-state index in [-0.39, 0.29) is 0 Å². The third-order valence-corrected chi connectivity index (χ3v) is 17.4. The highest BCUT2D eigenvalue weighted by Crippen LogP contribution is 2.48. The van der Waals surface area contributed by atoms with Crippen molar-refractivity contribution in [2.45, 2.75) is 0 Å². The lowest BCUT2D eigenvalue weighted by molar-refractivity contribution is 0.592. The van der Waals surface area contributed by atoms with E-state index >= 15 is 9.13 Å². The lowest BCUT2D eigenvalue weighted by Gasteiger charge is -2.26. The number of hydrogen-bond acceptors (Lipinski definition) is 2. The Bertz CT molecular complexity index is 3000. The third kappa shape index (κ3) is 6.41. The number of rotatable bonds is 9. The molecule has 10 aromatic rings. The maximum Gasteiger partial charge on any atom is 0.171 e. The minimum Gasteiger partial charge on any atom is -0.309 e. The van der Waals surface area contributed by atoms with Crippen molar-refractivity contribution in [3.8, 4) is 27.9 Å². The van der Waals surface area contributed by atoms with Gasteiger partial charge in [-0.05, 0) is 64.7 Å². The van der Waals surface area contributed by atoms with Gasteiger partial charge in [0, 0.05) is 48.3 Å². The summed E-state index contributed by atoms with van der Waals surface area (Å²) in [5, 5.41) is 6.26. The van der Waals surface area contributed by atoms with E-state index in [2.05, 4.69) is 114 Å². The average Bonchev–Trinajstić information content (AvgIpc) is 3.66. The Kier molecular flexibility index (Phi) is 9.42. The van der Waals surface area contributed by atoms with E-state index in [0.717, 1.165) is 49.7 Å². The summed E-state index contributed by atoms with van der Waals surface area (Å²) in [5.41, 5.74) is 6.86. The fourth-order valence-corrected chi connectivity index (χ4v) is 14.0. The van der Waals surface area contributed by atoms with Crippen LogP contribution in [0, 0.1) is 0 Å². The molecule has 0 aliphatic rings. The Morgan fingerprint density at radius 2 is 0.610 bits per heavy atom. The van der Waals surface area contributed by atoms with Gasteiger partial charge in [0.2, 0.25) is 0 Å². The van der Waals surface area contributed by atoms with Crippen LogP contribution >= 0.6 is 14.3 Å². The van der Waals surface area contributed by atoms with Crippen molar-refractivity contribution in [2.24, 2.45) is 0 Å². The zero-order valence-corrected chi connectivity index (χ0v) is 34.0. The summed E-state index contributed by atoms with van der Waals surface area (Å²) in [5.74, 6) is 0. The minimum atomic E-state index is -3.64. The van der Waals surface area contributed by atoms with Crippen LogP contribution < -0.4 is 31.8 Å². The highest BCUT2D eigenvalue weighted by molar-refractivity contribution is 7.86. The Hall–Kier alpha value is -6.76. The summed E-state index contributed by atoms with van der Waals surface area (Å²) in [6.45, 7) is 0. The second-order valence-corrected chi connectivity index (χ2v) is 20.3. The van der Waals surface area contributed by atoms with Crippen molar-refractivity contribution in [3.05, 3.63) is 237 Å². The largest absolute Gasteiger partial charge is 0.309 e. The van der Waals surface area contributed by atoms with Crippen molar-refractivity contribution >= 4 is 67.9 Å². The Balaban J connectivity index is 1.32. The van der Waals surface area contributed by atoms with E-state index in [4.69, 9.17) is 0 Å². The van der Waals surface area contributed by atoms with Gasteiger partial charge in [0.1, 0.15) is 0 Å². The molecule has 282 valence electrons. The molecule has 10 rings (SSSR count). The fourth-order valence-electron chi connectivity index (χ4n) is 8.47. The lowest BCUT2D eigenvalue weighted by Crippen LogP contribution is -2.31. The highest BCUT2D eigenvalue weighted by atomic mass is 31.2. The van der Waals surface area contributed by atoms with E-state index in [0.29, 0.717) is 31.8 Å². The Labute approximate surface area is 344 Å². The van der Waals surface area contributed by atoms with Crippen molar-refractivity contribution in [3.63, 3.8) is 0 Å². The van der Waals surface area contributed by atoms with Gasteiger partial charge in [0.25, 0.3) is 0 Å². The minimum absolute atomic E-state index is 0.610. The molecule has 2 unspecified atom stereocenters. The first-order valence-corrected chi connectivity index (χ1v) is 23.2. The first kappa shape index (κ1) is 36.6. The second kappa shape index (κ2) is 15.2. The zero-order valence-electron chi connectivity index (χ0n) is 32.2. The number of fused-ring (bicyclic) bond motifs is 3. The van der Waals surface area contributed by atoms with Gasteiger partial charge < -0.3 is 13.7 Å². The smallest absolute Gasteiger partial charge is 0.171 e. The van der Waals surface area contributed by atoms with E-state index in [9.17, 15) is 0 Å². The summed E-state index contributed by atoms with van der Waals surface area (Å²) in [6, 6.07) is 79.1. The molecule has 5 heteroatoms. The standard InChI is InChI=1S/C54H39NO2P2/c56-58(45-25-9-3-10-26-45,47-29-17-23-42(35-47)40-19-5-1-6-20-40)49-37-44(55-53-33-15-13-31-51(53)52-32-14-16-34-54(52)55)38-50(39-49)59(57,46-27-11-4-12-28-46)48-30-18-24-43(36-48)41-21-7-2-8-22-41/h1-39H. The van der Waals surface area contributed by atoms with E-state index in [1.807, 2.05) is 127 Å². The SMILES string of the molecule is O=P(c1ccccc1)(c1cccc(-c2ccccc2)c1)c1cc(-n2c3ccccc3c3ccccc32)cc(P(=O)(c2ccccc2)c2cccc(-c3ccccc3)c2)c1. The molecule has 0 bridgehead atoms. The van der Waals surface area contributed by atoms with Crippen LogP contribution in [0.15, 0.2) is 237 Å². The predicted molar refractivity (Wildman–Crippen MR) is 250 cm³/mol. The molecule has 0 amide bonds.